The Bertz CT molecular complexity index is 1090. The highest BCUT2D eigenvalue weighted by Crippen LogP contribution is 2.27. The van der Waals surface area contributed by atoms with Crippen LogP contribution in [-0.2, 0) is 26.2 Å². The van der Waals surface area contributed by atoms with Gasteiger partial charge in [-0.2, -0.15) is 0 Å². The minimum absolute atomic E-state index is 0.0408. The van der Waals surface area contributed by atoms with Gasteiger partial charge in [0.25, 0.3) is 0 Å². The van der Waals surface area contributed by atoms with Crippen LogP contribution in [0, 0.1) is 6.92 Å². The first-order valence-electron chi connectivity index (χ1n) is 11.0. The normalized spacial score (nSPS) is 12.2. The molecule has 7 nitrogen and oxygen atoms in total. The Hall–Kier alpha value is -2.29. The molecule has 0 fully saturated rings. The Balaban J connectivity index is 2.47. The standard InChI is InChI=1S/C24H31Cl2N3O4S/c1-5-14-27-24(31)22(6-2)28(15-19-20(25)8-7-9-21(19)26)23(30)16-29(34(4,32)33)18-12-10-17(3)11-13-18/h7-13,22H,5-6,14-16H2,1-4H3,(H,27,31)/t22-/m1/s1. The predicted molar refractivity (Wildman–Crippen MR) is 138 cm³/mol. The molecule has 1 N–H and O–H groups in total. The summed E-state index contributed by atoms with van der Waals surface area (Å²) in [4.78, 5) is 27.9. The maximum atomic E-state index is 13.6. The molecule has 186 valence electrons. The average molecular weight is 529 g/mol. The molecule has 0 aliphatic carbocycles. The van der Waals surface area contributed by atoms with E-state index in [0.29, 0.717) is 34.3 Å². The third-order valence-electron chi connectivity index (χ3n) is 5.33. The molecule has 0 radical (unpaired) electrons. The lowest BCUT2D eigenvalue weighted by molar-refractivity contribution is -0.140. The van der Waals surface area contributed by atoms with Crippen molar-refractivity contribution >= 4 is 50.7 Å². The molecule has 2 aromatic carbocycles. The van der Waals surface area contributed by atoms with Crippen LogP contribution in [0.2, 0.25) is 10.0 Å². The molecule has 2 aromatic rings. The second-order valence-electron chi connectivity index (χ2n) is 8.04. The van der Waals surface area contributed by atoms with Gasteiger partial charge in [0.1, 0.15) is 12.6 Å². The van der Waals surface area contributed by atoms with E-state index in [2.05, 4.69) is 5.32 Å². The van der Waals surface area contributed by atoms with E-state index in [0.717, 1.165) is 22.5 Å². The quantitative estimate of drug-likeness (QED) is 0.469. The maximum Gasteiger partial charge on any atom is 0.244 e. The van der Waals surface area contributed by atoms with E-state index >= 15 is 0 Å². The summed E-state index contributed by atoms with van der Waals surface area (Å²) in [6, 6.07) is 11.0. The monoisotopic (exact) mass is 527 g/mol. The van der Waals surface area contributed by atoms with Crippen molar-refractivity contribution in [2.75, 3.05) is 23.7 Å². The van der Waals surface area contributed by atoms with Gasteiger partial charge in [0, 0.05) is 28.7 Å². The van der Waals surface area contributed by atoms with Gasteiger partial charge in [0.05, 0.1) is 11.9 Å². The van der Waals surface area contributed by atoms with Gasteiger partial charge in [-0.25, -0.2) is 8.42 Å². The van der Waals surface area contributed by atoms with E-state index in [4.69, 9.17) is 23.2 Å². The van der Waals surface area contributed by atoms with E-state index in [1.54, 1.807) is 49.4 Å². The van der Waals surface area contributed by atoms with Gasteiger partial charge < -0.3 is 10.2 Å². The summed E-state index contributed by atoms with van der Waals surface area (Å²) in [7, 11) is -3.78. The maximum absolute atomic E-state index is 13.6. The van der Waals surface area contributed by atoms with Gasteiger partial charge in [0.2, 0.25) is 21.8 Å². The summed E-state index contributed by atoms with van der Waals surface area (Å²) in [5.74, 6) is -0.859. The van der Waals surface area contributed by atoms with Crippen molar-refractivity contribution in [2.45, 2.75) is 46.2 Å². The Labute approximate surface area is 212 Å². The lowest BCUT2D eigenvalue weighted by Gasteiger charge is -2.33. The molecule has 0 unspecified atom stereocenters. The smallest absolute Gasteiger partial charge is 0.244 e. The molecular weight excluding hydrogens is 497 g/mol. The number of benzene rings is 2. The number of hydrogen-bond donors (Lipinski definition) is 1. The van der Waals surface area contributed by atoms with Crippen molar-refractivity contribution in [3.8, 4) is 0 Å². The molecular formula is C24H31Cl2N3O4S. The Morgan fingerprint density at radius 2 is 1.62 bits per heavy atom. The summed E-state index contributed by atoms with van der Waals surface area (Å²) in [6.45, 7) is 5.55. The highest BCUT2D eigenvalue weighted by atomic mass is 35.5. The summed E-state index contributed by atoms with van der Waals surface area (Å²) < 4.78 is 26.2. The molecule has 1 atom stereocenters. The highest BCUT2D eigenvalue weighted by Gasteiger charge is 2.32. The Morgan fingerprint density at radius 3 is 2.12 bits per heavy atom. The van der Waals surface area contributed by atoms with Crippen LogP contribution in [0.15, 0.2) is 42.5 Å². The second-order valence-corrected chi connectivity index (χ2v) is 10.8. The fraction of sp³-hybridized carbons (Fsp3) is 0.417. The van der Waals surface area contributed by atoms with Crippen LogP contribution >= 0.6 is 23.2 Å². The second kappa shape index (κ2) is 12.4. The van der Waals surface area contributed by atoms with E-state index in [1.807, 2.05) is 13.8 Å². The molecule has 0 heterocycles. The molecule has 10 heteroatoms. The summed E-state index contributed by atoms with van der Waals surface area (Å²) >= 11 is 12.7. The molecule has 0 bridgehead atoms. The first-order valence-corrected chi connectivity index (χ1v) is 13.6. The number of aryl methyl sites for hydroxylation is 1. The van der Waals surface area contributed by atoms with Crippen LogP contribution in [0.3, 0.4) is 0 Å². The van der Waals surface area contributed by atoms with Crippen LogP contribution in [0.25, 0.3) is 0 Å². The van der Waals surface area contributed by atoms with Gasteiger partial charge >= 0.3 is 0 Å². The Morgan fingerprint density at radius 1 is 1.03 bits per heavy atom. The van der Waals surface area contributed by atoms with E-state index < -0.39 is 28.5 Å². The van der Waals surface area contributed by atoms with Crippen molar-refractivity contribution in [3.05, 3.63) is 63.6 Å². The predicted octanol–water partition coefficient (Wildman–Crippen LogP) is 4.40. The topological polar surface area (TPSA) is 86.8 Å². The number of halogens is 2. The van der Waals surface area contributed by atoms with Crippen molar-refractivity contribution in [1.82, 2.24) is 10.2 Å². The van der Waals surface area contributed by atoms with Gasteiger partial charge in [-0.15, -0.1) is 0 Å². The molecule has 0 spiro atoms. The average Bonchev–Trinajstić information content (AvgIpc) is 2.77. The van der Waals surface area contributed by atoms with Crippen LogP contribution in [0.5, 0.6) is 0 Å². The zero-order valence-electron chi connectivity index (χ0n) is 19.8. The number of nitrogens with zero attached hydrogens (tertiary/aromatic N) is 2. The van der Waals surface area contributed by atoms with Crippen LogP contribution in [0.4, 0.5) is 5.69 Å². The zero-order chi connectivity index (χ0) is 25.5. The van der Waals surface area contributed by atoms with Gasteiger partial charge in [-0.3, -0.25) is 13.9 Å². The number of carbonyl (C=O) groups excluding carboxylic acids is 2. The molecule has 0 aliphatic rings. The van der Waals surface area contributed by atoms with Crippen molar-refractivity contribution in [3.63, 3.8) is 0 Å². The number of sulfonamides is 1. The van der Waals surface area contributed by atoms with E-state index in [9.17, 15) is 18.0 Å². The first kappa shape index (κ1) is 28.0. The van der Waals surface area contributed by atoms with Crippen molar-refractivity contribution < 1.29 is 18.0 Å². The molecule has 0 aliphatic heterocycles. The lowest BCUT2D eigenvalue weighted by atomic mass is 10.1. The van der Waals surface area contributed by atoms with Crippen molar-refractivity contribution in [1.29, 1.82) is 0 Å². The zero-order valence-corrected chi connectivity index (χ0v) is 22.2. The Kier molecular flexibility index (Phi) is 10.2. The number of amides is 2. The summed E-state index contributed by atoms with van der Waals surface area (Å²) in [5.41, 5.74) is 1.81. The van der Waals surface area contributed by atoms with Gasteiger partial charge in [-0.1, -0.05) is 60.8 Å². The fourth-order valence-corrected chi connectivity index (χ4v) is 4.83. The minimum atomic E-state index is -3.78. The largest absolute Gasteiger partial charge is 0.354 e. The van der Waals surface area contributed by atoms with Crippen LogP contribution in [-0.4, -0.2) is 50.5 Å². The highest BCUT2D eigenvalue weighted by molar-refractivity contribution is 7.92. The van der Waals surface area contributed by atoms with E-state index in [-0.39, 0.29) is 12.5 Å². The summed E-state index contributed by atoms with van der Waals surface area (Å²) in [5, 5.41) is 3.53. The SMILES string of the molecule is CCCNC(=O)[C@@H](CC)N(Cc1c(Cl)cccc1Cl)C(=O)CN(c1ccc(C)cc1)S(C)(=O)=O. The lowest BCUT2D eigenvalue weighted by Crippen LogP contribution is -2.52. The van der Waals surface area contributed by atoms with Gasteiger partial charge in [0.15, 0.2) is 0 Å². The molecule has 2 amide bonds. The first-order chi connectivity index (χ1) is 16.0. The third-order valence-corrected chi connectivity index (χ3v) is 7.18. The molecule has 0 saturated carbocycles. The van der Waals surface area contributed by atoms with Crippen LogP contribution < -0.4 is 9.62 Å². The summed E-state index contributed by atoms with van der Waals surface area (Å²) in [6.07, 6.45) is 2.11. The molecule has 2 rings (SSSR count). The molecule has 0 aromatic heterocycles. The van der Waals surface area contributed by atoms with Crippen molar-refractivity contribution in [2.24, 2.45) is 0 Å². The molecule has 0 saturated heterocycles. The number of nitrogens with one attached hydrogen (secondary N) is 1. The number of rotatable bonds is 11. The van der Waals surface area contributed by atoms with Crippen LogP contribution in [0.1, 0.15) is 37.8 Å². The fourth-order valence-electron chi connectivity index (χ4n) is 3.46. The number of hydrogen-bond acceptors (Lipinski definition) is 4. The van der Waals surface area contributed by atoms with Gasteiger partial charge in [-0.05, 0) is 44.0 Å². The third kappa shape index (κ3) is 7.35. The minimum Gasteiger partial charge on any atom is -0.354 e. The number of anilines is 1. The van der Waals surface area contributed by atoms with E-state index in [1.165, 1.54) is 4.90 Å². The number of carbonyl (C=O) groups is 2. The molecule has 34 heavy (non-hydrogen) atoms.